The number of anilines is 2. The van der Waals surface area contributed by atoms with Gasteiger partial charge in [-0.3, -0.25) is 4.79 Å². The molecule has 2 atom stereocenters. The maximum Gasteiger partial charge on any atom is 0.487 e. The van der Waals surface area contributed by atoms with Gasteiger partial charge >= 0.3 is 5.57 Å². The number of ether oxygens (including phenoxy) is 2. The number of alkyl halides is 3. The highest BCUT2D eigenvalue weighted by atomic mass is 79.9. The van der Waals surface area contributed by atoms with Gasteiger partial charge in [-0.05, 0) is 59.1 Å². The average molecular weight is 489 g/mol. The quantitative estimate of drug-likeness (QED) is 0.622. The fraction of sp³-hybridized carbons (Fsp3) is 0.368. The van der Waals surface area contributed by atoms with E-state index in [2.05, 4.69) is 35.9 Å². The first kappa shape index (κ1) is 20.3. The topological polar surface area (TPSA) is 63.7 Å². The van der Waals surface area contributed by atoms with E-state index in [0.29, 0.717) is 11.3 Å². The number of nitrogens with zero attached hydrogens (tertiary/aromatic N) is 2. The molecule has 10 heteroatoms. The molecule has 4 rings (SSSR count). The molecular formula is C19H17BrClF2N3O3. The third-order valence-electron chi connectivity index (χ3n) is 4.77. The van der Waals surface area contributed by atoms with Crippen molar-refractivity contribution in [3.05, 3.63) is 46.6 Å². The van der Waals surface area contributed by atoms with Crippen molar-refractivity contribution >= 4 is 44.9 Å². The number of carbonyl (C=O) groups is 1. The fourth-order valence-corrected chi connectivity index (χ4v) is 4.21. The first-order valence-electron chi connectivity index (χ1n) is 9.00. The Bertz CT molecular complexity index is 899. The van der Waals surface area contributed by atoms with Crippen LogP contribution in [0.3, 0.4) is 0 Å². The minimum absolute atomic E-state index is 0.115. The molecule has 2 saturated heterocycles. The highest BCUT2D eigenvalue weighted by Gasteiger charge is 2.35. The zero-order chi connectivity index (χ0) is 20.6. The molecule has 6 nitrogen and oxygen atoms in total. The Labute approximate surface area is 179 Å². The van der Waals surface area contributed by atoms with Crippen molar-refractivity contribution in [2.75, 3.05) is 23.3 Å². The first-order chi connectivity index (χ1) is 13.8. The van der Waals surface area contributed by atoms with Crippen LogP contribution in [0.15, 0.2) is 41.0 Å². The molecule has 2 aliphatic rings. The maximum atomic E-state index is 12.6. The number of pyridine rings is 1. The van der Waals surface area contributed by atoms with Crippen LogP contribution in [0.25, 0.3) is 0 Å². The van der Waals surface area contributed by atoms with Crippen molar-refractivity contribution in [1.29, 1.82) is 0 Å². The Morgan fingerprint density at radius 1 is 1.28 bits per heavy atom. The maximum absolute atomic E-state index is 12.6. The Hall–Kier alpha value is -1.97. The lowest BCUT2D eigenvalue weighted by Crippen LogP contribution is -2.43. The van der Waals surface area contributed by atoms with Crippen LogP contribution >= 0.6 is 27.5 Å². The number of aromatic nitrogens is 1. The highest BCUT2D eigenvalue weighted by molar-refractivity contribution is 9.10. The van der Waals surface area contributed by atoms with E-state index in [4.69, 9.17) is 16.3 Å². The van der Waals surface area contributed by atoms with Gasteiger partial charge in [0, 0.05) is 36.6 Å². The van der Waals surface area contributed by atoms with Gasteiger partial charge in [-0.1, -0.05) is 0 Å². The molecule has 1 aromatic carbocycles. The molecule has 2 unspecified atom stereocenters. The number of morpholine rings is 1. The second-order valence-corrected chi connectivity index (χ2v) is 8.21. The normalized spacial score (nSPS) is 21.2. The second-order valence-electron chi connectivity index (χ2n) is 6.92. The summed E-state index contributed by atoms with van der Waals surface area (Å²) in [4.78, 5) is 19.1. The largest absolute Gasteiger partial charge is 0.487 e. The molecule has 2 aromatic rings. The summed E-state index contributed by atoms with van der Waals surface area (Å²) in [5.74, 6) is 0.296. The number of halogens is 4. The number of fused-ring (bicyclic) bond motifs is 2. The van der Waals surface area contributed by atoms with Gasteiger partial charge in [0.15, 0.2) is 0 Å². The van der Waals surface area contributed by atoms with Crippen LogP contribution < -0.4 is 15.0 Å². The summed E-state index contributed by atoms with van der Waals surface area (Å²) in [6.07, 6.45) is 4.10. The molecule has 3 heterocycles. The van der Waals surface area contributed by atoms with Crippen molar-refractivity contribution in [1.82, 2.24) is 4.98 Å². The van der Waals surface area contributed by atoms with Gasteiger partial charge in [-0.2, -0.15) is 0 Å². The van der Waals surface area contributed by atoms with Crippen LogP contribution in [-0.4, -0.2) is 41.8 Å². The lowest BCUT2D eigenvalue weighted by Gasteiger charge is -2.33. The molecule has 2 aliphatic heterocycles. The Kier molecular flexibility index (Phi) is 5.63. The zero-order valence-electron chi connectivity index (χ0n) is 15.1. The van der Waals surface area contributed by atoms with E-state index >= 15 is 0 Å². The molecule has 29 heavy (non-hydrogen) atoms. The molecule has 2 fully saturated rings. The summed E-state index contributed by atoms with van der Waals surface area (Å²) >= 11 is 8.24. The van der Waals surface area contributed by atoms with Crippen molar-refractivity contribution in [3.8, 4) is 5.75 Å². The van der Waals surface area contributed by atoms with E-state index in [9.17, 15) is 13.6 Å². The van der Waals surface area contributed by atoms with Gasteiger partial charge in [-0.15, -0.1) is 8.78 Å². The van der Waals surface area contributed by atoms with Crippen molar-refractivity contribution in [2.24, 2.45) is 0 Å². The Morgan fingerprint density at radius 2 is 1.93 bits per heavy atom. The van der Waals surface area contributed by atoms with Gasteiger partial charge in [-0.25, -0.2) is 4.98 Å². The third kappa shape index (κ3) is 4.96. The van der Waals surface area contributed by atoms with Crippen LogP contribution in [0.2, 0.25) is 0 Å². The Morgan fingerprint density at radius 3 is 2.52 bits per heavy atom. The number of amides is 1. The van der Waals surface area contributed by atoms with Crippen molar-refractivity contribution < 1.29 is 23.0 Å². The monoisotopic (exact) mass is 487 g/mol. The summed E-state index contributed by atoms with van der Waals surface area (Å²) < 4.78 is 36.1. The fourth-order valence-electron chi connectivity index (χ4n) is 3.52. The van der Waals surface area contributed by atoms with E-state index in [0.717, 1.165) is 36.2 Å². The molecule has 0 aliphatic carbocycles. The van der Waals surface area contributed by atoms with Crippen LogP contribution in [0.5, 0.6) is 5.75 Å². The second kappa shape index (κ2) is 8.04. The van der Waals surface area contributed by atoms with Gasteiger partial charge in [0.25, 0.3) is 5.91 Å². The summed E-state index contributed by atoms with van der Waals surface area (Å²) in [6.45, 7) is 1.56. The first-order valence-corrected chi connectivity index (χ1v) is 10.2. The SMILES string of the molecule is O=C(Nc1ccc(OC(F)(F)Cl)cc1)c1cnc(N2CC3CCC(C2)O3)c(Br)c1. The summed E-state index contributed by atoms with van der Waals surface area (Å²) in [5, 5.41) is 2.69. The van der Waals surface area contributed by atoms with Crippen molar-refractivity contribution in [3.63, 3.8) is 0 Å². The van der Waals surface area contributed by atoms with E-state index < -0.39 is 5.57 Å². The standard InChI is InChI=1S/C19H17BrClF2N3O3/c20-16-7-11(8-24-17(16)26-9-14-5-6-15(10-26)28-14)18(27)25-12-1-3-13(4-2-12)29-19(21,22)23/h1-4,7-8,14-15H,5-6,9-10H2,(H,25,27). The molecule has 0 radical (unpaired) electrons. The number of hydrogen-bond donors (Lipinski definition) is 1. The van der Waals surface area contributed by atoms with Crippen LogP contribution in [0.1, 0.15) is 23.2 Å². The number of benzene rings is 1. The van der Waals surface area contributed by atoms with E-state index in [-0.39, 0.29) is 23.9 Å². The molecule has 1 amide bonds. The summed E-state index contributed by atoms with van der Waals surface area (Å²) in [6, 6.07) is 7.17. The summed E-state index contributed by atoms with van der Waals surface area (Å²) in [5.41, 5.74) is -3.00. The molecule has 2 bridgehead atoms. The molecule has 1 aromatic heterocycles. The minimum atomic E-state index is -3.79. The van der Waals surface area contributed by atoms with Gasteiger partial charge < -0.3 is 19.7 Å². The van der Waals surface area contributed by atoms with Crippen LogP contribution in [0.4, 0.5) is 20.3 Å². The van der Waals surface area contributed by atoms with Gasteiger partial charge in [0.1, 0.15) is 11.6 Å². The predicted molar refractivity (Wildman–Crippen MR) is 108 cm³/mol. The average Bonchev–Trinajstić information content (AvgIpc) is 3.00. The van der Waals surface area contributed by atoms with Crippen molar-refractivity contribution in [2.45, 2.75) is 30.6 Å². The Balaban J connectivity index is 1.42. The number of nitrogens with one attached hydrogen (secondary N) is 1. The molecule has 1 N–H and O–H groups in total. The van der Waals surface area contributed by atoms with E-state index in [1.165, 1.54) is 30.5 Å². The van der Waals surface area contributed by atoms with E-state index in [1.807, 2.05) is 0 Å². The number of carbonyl (C=O) groups excluding carboxylic acids is 1. The number of hydrogen-bond acceptors (Lipinski definition) is 5. The third-order valence-corrected chi connectivity index (χ3v) is 5.43. The smallest absolute Gasteiger partial charge is 0.420 e. The molecule has 0 spiro atoms. The molecule has 154 valence electrons. The number of rotatable bonds is 5. The van der Waals surface area contributed by atoms with Crippen LogP contribution in [0, 0.1) is 0 Å². The highest BCUT2D eigenvalue weighted by Crippen LogP contribution is 2.32. The lowest BCUT2D eigenvalue weighted by molar-refractivity contribution is -0.0964. The van der Waals surface area contributed by atoms with Gasteiger partial charge in [0.2, 0.25) is 0 Å². The van der Waals surface area contributed by atoms with Crippen LogP contribution in [-0.2, 0) is 4.74 Å². The minimum Gasteiger partial charge on any atom is -0.420 e. The predicted octanol–water partition coefficient (Wildman–Crippen LogP) is 4.63. The summed E-state index contributed by atoms with van der Waals surface area (Å²) in [7, 11) is 0. The lowest BCUT2D eigenvalue weighted by atomic mass is 10.2. The van der Waals surface area contributed by atoms with Gasteiger partial charge in [0.05, 0.1) is 22.2 Å². The molecule has 0 saturated carbocycles. The zero-order valence-corrected chi connectivity index (χ0v) is 17.4. The van der Waals surface area contributed by atoms with E-state index in [1.54, 1.807) is 6.07 Å². The molecular weight excluding hydrogens is 472 g/mol.